The van der Waals surface area contributed by atoms with E-state index in [1.165, 1.54) is 5.56 Å². The molecule has 4 rings (SSSR count). The van der Waals surface area contributed by atoms with Crippen LogP contribution in [-0.2, 0) is 16.8 Å². The van der Waals surface area contributed by atoms with E-state index in [0.717, 1.165) is 29.1 Å². The number of hydrogen-bond acceptors (Lipinski definition) is 7. The molecule has 0 saturated heterocycles. The van der Waals surface area contributed by atoms with Crippen LogP contribution in [0.25, 0.3) is 34.0 Å². The lowest BCUT2D eigenvalue weighted by Gasteiger charge is -2.20. The van der Waals surface area contributed by atoms with E-state index in [0.29, 0.717) is 22.8 Å². The molecule has 0 unspecified atom stereocenters. The maximum atomic E-state index is 11.9. The summed E-state index contributed by atoms with van der Waals surface area (Å²) in [5, 5.41) is 7.36. The average molecular weight is 443 g/mol. The van der Waals surface area contributed by atoms with Crippen molar-refractivity contribution in [1.29, 1.82) is 0 Å². The standard InChI is InChI=1S/C25H26N6O2/c1-15-23(21-12-19(31-33-21)17-7-5-16(6-8-17)13-27-4)30-20(14-29-15)18-9-10-28-22(11-18)25(2,3)24(26)32/h5-12,14,27H,13H2,1-4H3,(H2,26,32). The summed E-state index contributed by atoms with van der Waals surface area (Å²) in [6, 6.07) is 13.6. The summed E-state index contributed by atoms with van der Waals surface area (Å²) in [5.74, 6) is 0.0823. The third kappa shape index (κ3) is 4.51. The predicted molar refractivity (Wildman–Crippen MR) is 126 cm³/mol. The number of carbonyl (C=O) groups excluding carboxylic acids is 1. The lowest BCUT2D eigenvalue weighted by Crippen LogP contribution is -2.36. The summed E-state index contributed by atoms with van der Waals surface area (Å²) in [7, 11) is 1.92. The second kappa shape index (κ2) is 8.91. The molecule has 0 aliphatic heterocycles. The van der Waals surface area contributed by atoms with Crippen molar-refractivity contribution >= 4 is 5.91 Å². The quantitative estimate of drug-likeness (QED) is 0.448. The molecule has 1 aromatic carbocycles. The van der Waals surface area contributed by atoms with Gasteiger partial charge in [0.05, 0.1) is 28.7 Å². The van der Waals surface area contributed by atoms with E-state index < -0.39 is 11.3 Å². The van der Waals surface area contributed by atoms with Gasteiger partial charge in [0.1, 0.15) is 11.4 Å². The Bertz CT molecular complexity index is 1290. The Kier molecular flexibility index (Phi) is 6.02. The van der Waals surface area contributed by atoms with Gasteiger partial charge in [-0.15, -0.1) is 0 Å². The maximum absolute atomic E-state index is 11.9. The average Bonchev–Trinajstić information content (AvgIpc) is 3.30. The number of aromatic nitrogens is 4. The highest BCUT2D eigenvalue weighted by Crippen LogP contribution is 2.30. The van der Waals surface area contributed by atoms with Crippen molar-refractivity contribution in [2.24, 2.45) is 5.73 Å². The molecule has 8 heteroatoms. The minimum atomic E-state index is -0.903. The fraction of sp³-hybridized carbons (Fsp3) is 0.240. The lowest BCUT2D eigenvalue weighted by atomic mass is 9.87. The number of hydrogen-bond donors (Lipinski definition) is 2. The summed E-state index contributed by atoms with van der Waals surface area (Å²) in [6.07, 6.45) is 3.33. The Labute approximate surface area is 192 Å². The molecule has 8 nitrogen and oxygen atoms in total. The van der Waals surface area contributed by atoms with Crippen LogP contribution < -0.4 is 11.1 Å². The van der Waals surface area contributed by atoms with Gasteiger partial charge in [0.15, 0.2) is 5.76 Å². The van der Waals surface area contributed by atoms with Gasteiger partial charge in [0, 0.05) is 29.9 Å². The summed E-state index contributed by atoms with van der Waals surface area (Å²) >= 11 is 0. The summed E-state index contributed by atoms with van der Waals surface area (Å²) in [6.45, 7) is 6.17. The summed E-state index contributed by atoms with van der Waals surface area (Å²) in [4.78, 5) is 25.5. The number of primary amides is 1. The van der Waals surface area contributed by atoms with E-state index in [4.69, 9.17) is 15.2 Å². The first kappa shape index (κ1) is 22.3. The van der Waals surface area contributed by atoms with Gasteiger partial charge in [0.25, 0.3) is 0 Å². The number of nitrogens with zero attached hydrogens (tertiary/aromatic N) is 4. The topological polar surface area (TPSA) is 120 Å². The van der Waals surface area contributed by atoms with Gasteiger partial charge < -0.3 is 15.6 Å². The van der Waals surface area contributed by atoms with Crippen LogP contribution in [0.1, 0.15) is 30.8 Å². The van der Waals surface area contributed by atoms with Crippen molar-refractivity contribution in [2.45, 2.75) is 32.7 Å². The molecule has 0 radical (unpaired) electrons. The maximum Gasteiger partial charge on any atom is 0.229 e. The molecule has 0 spiro atoms. The summed E-state index contributed by atoms with van der Waals surface area (Å²) in [5.41, 5.74) is 10.8. The smallest absolute Gasteiger partial charge is 0.229 e. The first-order chi connectivity index (χ1) is 15.8. The van der Waals surface area contributed by atoms with Crippen molar-refractivity contribution in [2.75, 3.05) is 7.05 Å². The van der Waals surface area contributed by atoms with Crippen LogP contribution in [0.15, 0.2) is 59.4 Å². The second-order valence-electron chi connectivity index (χ2n) is 8.41. The molecule has 168 valence electrons. The van der Waals surface area contributed by atoms with Gasteiger partial charge in [0.2, 0.25) is 5.91 Å². The zero-order valence-corrected chi connectivity index (χ0v) is 19.1. The molecule has 0 aliphatic carbocycles. The number of nitrogens with one attached hydrogen (secondary N) is 1. The molecular weight excluding hydrogens is 416 g/mol. The van der Waals surface area contributed by atoms with Crippen molar-refractivity contribution in [3.05, 3.63) is 71.8 Å². The van der Waals surface area contributed by atoms with E-state index >= 15 is 0 Å². The van der Waals surface area contributed by atoms with E-state index in [2.05, 4.69) is 32.6 Å². The van der Waals surface area contributed by atoms with Gasteiger partial charge >= 0.3 is 0 Å². The number of nitrogens with two attached hydrogens (primary N) is 1. The molecule has 0 aliphatic rings. The molecule has 3 aromatic heterocycles. The SMILES string of the molecule is CNCc1ccc(-c2cc(-c3nc(-c4ccnc(C(C)(C)C(N)=O)c4)cnc3C)on2)cc1. The molecule has 0 atom stereocenters. The monoisotopic (exact) mass is 442 g/mol. The first-order valence-corrected chi connectivity index (χ1v) is 10.6. The van der Waals surface area contributed by atoms with E-state index in [1.807, 2.05) is 44.3 Å². The Balaban J connectivity index is 1.67. The Morgan fingerprint density at radius 2 is 1.82 bits per heavy atom. The van der Waals surface area contributed by atoms with E-state index in [9.17, 15) is 4.79 Å². The van der Waals surface area contributed by atoms with Crippen molar-refractivity contribution in [3.8, 4) is 34.0 Å². The Hall–Kier alpha value is -3.91. The number of pyridine rings is 1. The largest absolute Gasteiger partial charge is 0.369 e. The minimum absolute atomic E-state index is 0.448. The predicted octanol–water partition coefficient (Wildman–Crippen LogP) is 3.65. The van der Waals surface area contributed by atoms with Crippen LogP contribution >= 0.6 is 0 Å². The minimum Gasteiger partial charge on any atom is -0.369 e. The van der Waals surface area contributed by atoms with Crippen LogP contribution in [0.2, 0.25) is 0 Å². The zero-order valence-electron chi connectivity index (χ0n) is 19.1. The Morgan fingerprint density at radius 1 is 1.06 bits per heavy atom. The van der Waals surface area contributed by atoms with E-state index in [-0.39, 0.29) is 0 Å². The third-order valence-corrected chi connectivity index (χ3v) is 5.64. The number of benzene rings is 1. The molecule has 0 saturated carbocycles. The number of rotatable bonds is 7. The van der Waals surface area contributed by atoms with Crippen LogP contribution in [0.3, 0.4) is 0 Å². The molecule has 3 N–H and O–H groups in total. The van der Waals surface area contributed by atoms with Crippen LogP contribution in [0.5, 0.6) is 0 Å². The van der Waals surface area contributed by atoms with Gasteiger partial charge in [-0.1, -0.05) is 29.4 Å². The van der Waals surface area contributed by atoms with Gasteiger partial charge in [-0.3, -0.25) is 14.8 Å². The highest BCUT2D eigenvalue weighted by Gasteiger charge is 2.29. The summed E-state index contributed by atoms with van der Waals surface area (Å²) < 4.78 is 5.63. The van der Waals surface area contributed by atoms with Crippen LogP contribution in [-0.4, -0.2) is 33.1 Å². The molecule has 33 heavy (non-hydrogen) atoms. The number of amides is 1. The number of carbonyl (C=O) groups is 1. The van der Waals surface area contributed by atoms with E-state index in [1.54, 1.807) is 26.2 Å². The van der Waals surface area contributed by atoms with Crippen LogP contribution in [0, 0.1) is 6.92 Å². The lowest BCUT2D eigenvalue weighted by molar-refractivity contribution is -0.122. The van der Waals surface area contributed by atoms with Gasteiger partial charge in [-0.25, -0.2) is 4.98 Å². The molecule has 4 aromatic rings. The molecule has 0 bridgehead atoms. The third-order valence-electron chi connectivity index (χ3n) is 5.64. The molecule has 1 amide bonds. The number of aryl methyl sites for hydroxylation is 1. The van der Waals surface area contributed by atoms with Crippen molar-refractivity contribution < 1.29 is 9.32 Å². The van der Waals surface area contributed by atoms with Gasteiger partial charge in [-0.2, -0.15) is 0 Å². The molecule has 3 heterocycles. The first-order valence-electron chi connectivity index (χ1n) is 10.6. The highest BCUT2D eigenvalue weighted by molar-refractivity contribution is 5.85. The normalized spacial score (nSPS) is 11.5. The molecular formula is C25H26N6O2. The van der Waals surface area contributed by atoms with Crippen molar-refractivity contribution in [3.63, 3.8) is 0 Å². The Morgan fingerprint density at radius 3 is 2.52 bits per heavy atom. The molecule has 0 fully saturated rings. The van der Waals surface area contributed by atoms with Crippen LogP contribution in [0.4, 0.5) is 0 Å². The van der Waals surface area contributed by atoms with Gasteiger partial charge in [-0.05, 0) is 45.5 Å². The fourth-order valence-electron chi connectivity index (χ4n) is 3.40. The van der Waals surface area contributed by atoms with Crippen molar-refractivity contribution in [1.82, 2.24) is 25.4 Å². The second-order valence-corrected chi connectivity index (χ2v) is 8.41. The fourth-order valence-corrected chi connectivity index (χ4v) is 3.40. The zero-order chi connectivity index (χ0) is 23.6. The highest BCUT2D eigenvalue weighted by atomic mass is 16.5.